The van der Waals surface area contributed by atoms with Gasteiger partial charge in [0.15, 0.2) is 0 Å². The third-order valence-electron chi connectivity index (χ3n) is 11.2. The molecule has 0 aliphatic rings. The van der Waals surface area contributed by atoms with Gasteiger partial charge in [0.1, 0.15) is 16.1 Å². The Kier molecular flexibility index (Phi) is 9.57. The van der Waals surface area contributed by atoms with E-state index in [4.69, 9.17) is 0 Å². The van der Waals surface area contributed by atoms with Gasteiger partial charge in [-0.25, -0.2) is 0 Å². The number of fused-ring (bicyclic) bond motifs is 4. The number of aromatic nitrogens is 2. The van der Waals surface area contributed by atoms with Crippen molar-refractivity contribution in [2.45, 2.75) is 116 Å². The molecule has 0 saturated carbocycles. The van der Waals surface area contributed by atoms with Crippen molar-refractivity contribution in [3.63, 3.8) is 0 Å². The molecule has 0 atom stereocenters. The van der Waals surface area contributed by atoms with Crippen LogP contribution in [0.15, 0.2) is 61.2 Å². The zero-order valence-electron chi connectivity index (χ0n) is 30.1. The molecule has 0 radical (unpaired) electrons. The van der Waals surface area contributed by atoms with Crippen molar-refractivity contribution < 1.29 is 0 Å². The maximum atomic E-state index is 4.50. The molecule has 0 spiro atoms. The van der Waals surface area contributed by atoms with Gasteiger partial charge in [-0.15, -0.1) is 11.1 Å². The summed E-state index contributed by atoms with van der Waals surface area (Å²) in [6.45, 7) is 28.7. The minimum Gasteiger partial charge on any atom is -0.264 e. The summed E-state index contributed by atoms with van der Waals surface area (Å²) in [5.74, 6) is 7.87. The molecule has 2 heterocycles. The van der Waals surface area contributed by atoms with Gasteiger partial charge in [0.05, 0.1) is 0 Å². The van der Waals surface area contributed by atoms with E-state index in [2.05, 4.69) is 152 Å². The third kappa shape index (κ3) is 5.59. The molecule has 3 aromatic carbocycles. The number of pyridine rings is 2. The van der Waals surface area contributed by atoms with Crippen LogP contribution in [0.4, 0.5) is 0 Å². The molecule has 0 aliphatic heterocycles. The smallest absolute Gasteiger partial charge is 0.146 e. The second-order valence-electron chi connectivity index (χ2n) is 15.3. The number of nitrogens with zero attached hydrogens (tertiary/aromatic N) is 2. The molecule has 0 amide bonds. The highest BCUT2D eigenvalue weighted by Crippen LogP contribution is 2.43. The van der Waals surface area contributed by atoms with Crippen LogP contribution in [0.1, 0.15) is 94.2 Å². The first-order valence-electron chi connectivity index (χ1n) is 17.3. The van der Waals surface area contributed by atoms with Crippen molar-refractivity contribution in [1.29, 1.82) is 0 Å². The van der Waals surface area contributed by atoms with Crippen LogP contribution < -0.4 is 0 Å². The quantitative estimate of drug-likeness (QED) is 0.105. The highest BCUT2D eigenvalue weighted by Gasteiger charge is 2.42. The Morgan fingerprint density at radius 1 is 0.435 bits per heavy atom. The molecular formula is C42H52N2Si2. The van der Waals surface area contributed by atoms with Crippen LogP contribution in [0.25, 0.3) is 43.1 Å². The summed E-state index contributed by atoms with van der Waals surface area (Å²) in [4.78, 5) is 8.99. The van der Waals surface area contributed by atoms with Crippen LogP contribution in [0, 0.1) is 22.9 Å². The predicted octanol–water partition coefficient (Wildman–Crippen LogP) is 12.2. The van der Waals surface area contributed by atoms with Crippen molar-refractivity contribution in [2.24, 2.45) is 0 Å². The Morgan fingerprint density at radius 3 is 1.00 bits per heavy atom. The topological polar surface area (TPSA) is 25.8 Å². The van der Waals surface area contributed by atoms with Gasteiger partial charge in [0.2, 0.25) is 0 Å². The van der Waals surface area contributed by atoms with E-state index in [9.17, 15) is 0 Å². The largest absolute Gasteiger partial charge is 0.264 e. The summed E-state index contributed by atoms with van der Waals surface area (Å²) in [6, 6.07) is 13.6. The fourth-order valence-electron chi connectivity index (χ4n) is 8.87. The Balaban J connectivity index is 2.02. The van der Waals surface area contributed by atoms with E-state index in [1.54, 1.807) is 0 Å². The van der Waals surface area contributed by atoms with Crippen LogP contribution in [0.3, 0.4) is 0 Å². The summed E-state index contributed by atoms with van der Waals surface area (Å²) < 4.78 is 0. The Labute approximate surface area is 279 Å². The SMILES string of the molecule is CC(C)[Si](C#Cc1c2cc3ccncc3cc2c(C#C[Si](C(C)C)(C(C)C)C(C)C)c2cc3cnccc3cc12)(C(C)C)C(C)C. The van der Waals surface area contributed by atoms with Gasteiger partial charge in [-0.05, 0) is 102 Å². The average molecular weight is 641 g/mol. The first-order chi connectivity index (χ1) is 21.7. The van der Waals surface area contributed by atoms with Gasteiger partial charge in [-0.1, -0.05) is 94.9 Å². The molecule has 0 aliphatic carbocycles. The first kappa shape index (κ1) is 33.9. The van der Waals surface area contributed by atoms with Crippen LogP contribution in [-0.2, 0) is 0 Å². The molecule has 4 heteroatoms. The standard InChI is InChI=1S/C42H52N2Si2/c1-27(2)45(28(3)4,29(5)6)19-15-37-39-21-33-13-17-43-25-35(33)23-41(39)38(16-20-46(30(7)8,31(9)10)32(11)12)42-24-36-26-44-18-14-34(36)22-40(37)42/h13-14,17-18,21-32H,1-12H3. The predicted molar refractivity (Wildman–Crippen MR) is 208 cm³/mol. The number of hydrogen-bond acceptors (Lipinski definition) is 2. The average Bonchev–Trinajstić information content (AvgIpc) is 2.99. The molecule has 2 nitrogen and oxygen atoms in total. The van der Waals surface area contributed by atoms with Crippen LogP contribution in [0.2, 0.25) is 33.2 Å². The zero-order chi connectivity index (χ0) is 33.6. The minimum absolute atomic E-state index is 0.555. The van der Waals surface area contributed by atoms with E-state index in [0.717, 1.165) is 21.9 Å². The minimum atomic E-state index is -1.99. The maximum Gasteiger partial charge on any atom is 0.146 e. The normalized spacial score (nSPS) is 12.7. The van der Waals surface area contributed by atoms with Gasteiger partial charge in [0, 0.05) is 46.7 Å². The zero-order valence-corrected chi connectivity index (χ0v) is 32.1. The molecule has 0 unspecified atom stereocenters. The first-order valence-corrected chi connectivity index (χ1v) is 21.8. The van der Waals surface area contributed by atoms with Crippen LogP contribution >= 0.6 is 0 Å². The molecule has 238 valence electrons. The fraction of sp³-hybridized carbons (Fsp3) is 0.429. The summed E-state index contributed by atoms with van der Waals surface area (Å²) in [6.07, 6.45) is 7.75. The molecule has 0 bridgehead atoms. The summed E-state index contributed by atoms with van der Waals surface area (Å²) in [5, 5.41) is 9.38. The number of rotatable bonds is 6. The second kappa shape index (κ2) is 13.0. The van der Waals surface area contributed by atoms with E-state index in [1.807, 2.05) is 24.8 Å². The van der Waals surface area contributed by atoms with Crippen molar-refractivity contribution in [3.8, 4) is 22.9 Å². The van der Waals surface area contributed by atoms with Crippen molar-refractivity contribution in [2.75, 3.05) is 0 Å². The Hall–Kier alpha value is -3.45. The Morgan fingerprint density at radius 2 is 0.717 bits per heavy atom. The Bertz CT molecular complexity index is 1760. The molecule has 0 fully saturated rings. The van der Waals surface area contributed by atoms with E-state index in [1.165, 1.54) is 32.3 Å². The molecule has 0 saturated heterocycles. The molecule has 2 aromatic heterocycles. The van der Waals surface area contributed by atoms with E-state index < -0.39 is 16.1 Å². The number of benzene rings is 3. The number of hydrogen-bond donors (Lipinski definition) is 0. The van der Waals surface area contributed by atoms with Crippen LogP contribution in [0.5, 0.6) is 0 Å². The van der Waals surface area contributed by atoms with Crippen molar-refractivity contribution >= 4 is 59.2 Å². The van der Waals surface area contributed by atoms with Gasteiger partial charge >= 0.3 is 0 Å². The van der Waals surface area contributed by atoms with E-state index in [-0.39, 0.29) is 0 Å². The molecule has 5 aromatic rings. The lowest BCUT2D eigenvalue weighted by atomic mass is 9.89. The van der Waals surface area contributed by atoms with Gasteiger partial charge < -0.3 is 0 Å². The molecule has 46 heavy (non-hydrogen) atoms. The van der Waals surface area contributed by atoms with Gasteiger partial charge in [0.25, 0.3) is 0 Å². The summed E-state index contributed by atoms with van der Waals surface area (Å²) in [7, 11) is -3.98. The lowest BCUT2D eigenvalue weighted by Crippen LogP contribution is -2.43. The summed E-state index contributed by atoms with van der Waals surface area (Å²) >= 11 is 0. The highest BCUT2D eigenvalue weighted by molar-refractivity contribution is 6.91. The molecule has 0 N–H and O–H groups in total. The molecular weight excluding hydrogens is 589 g/mol. The van der Waals surface area contributed by atoms with Crippen molar-refractivity contribution in [3.05, 3.63) is 72.3 Å². The molecule has 5 rings (SSSR count). The maximum absolute atomic E-state index is 4.50. The second-order valence-corrected chi connectivity index (χ2v) is 26.4. The highest BCUT2D eigenvalue weighted by atomic mass is 28.3. The van der Waals surface area contributed by atoms with Crippen molar-refractivity contribution in [1.82, 2.24) is 9.97 Å². The monoisotopic (exact) mass is 640 g/mol. The summed E-state index contributed by atoms with van der Waals surface area (Å²) in [5.41, 5.74) is 13.7. The van der Waals surface area contributed by atoms with Crippen LogP contribution in [-0.4, -0.2) is 26.1 Å². The lowest BCUT2D eigenvalue weighted by Gasteiger charge is -2.38. The van der Waals surface area contributed by atoms with E-state index >= 15 is 0 Å². The van der Waals surface area contributed by atoms with E-state index in [0.29, 0.717) is 33.2 Å². The third-order valence-corrected chi connectivity index (χ3v) is 23.8. The lowest BCUT2D eigenvalue weighted by molar-refractivity contribution is 0.838. The fourth-order valence-corrected chi connectivity index (χ4v) is 19.3. The van der Waals surface area contributed by atoms with Gasteiger partial charge in [-0.2, -0.15) is 0 Å². The van der Waals surface area contributed by atoms with Gasteiger partial charge in [-0.3, -0.25) is 9.97 Å².